The largest absolute Gasteiger partial charge is 0.492 e. The Labute approximate surface area is 482 Å². The number of aromatic nitrogens is 10. The van der Waals surface area contributed by atoms with E-state index in [1.165, 1.54) is 30.5 Å². The molecule has 4 aromatic carbocycles. The van der Waals surface area contributed by atoms with Crippen molar-refractivity contribution in [3.63, 3.8) is 0 Å². The first-order chi connectivity index (χ1) is 39.5. The number of benzene rings is 4. The van der Waals surface area contributed by atoms with Crippen molar-refractivity contribution >= 4 is 72.2 Å². The van der Waals surface area contributed by atoms with Crippen LogP contribution in [0.2, 0.25) is 51.4 Å². The van der Waals surface area contributed by atoms with Crippen molar-refractivity contribution in [2.24, 2.45) is 19.8 Å². The fraction of sp³-hybridized carbons (Fsp3) is 0.333. The van der Waals surface area contributed by atoms with Crippen LogP contribution in [0.15, 0.2) is 122 Å². The summed E-state index contributed by atoms with van der Waals surface area (Å²) >= 11 is 0. The third-order valence-corrected chi connectivity index (χ3v) is 16.5. The van der Waals surface area contributed by atoms with Gasteiger partial charge in [0.2, 0.25) is 0 Å². The molecule has 19 nitrogen and oxygen atoms in total. The number of halogens is 2. The number of ether oxygens (including phenoxy) is 4. The summed E-state index contributed by atoms with van der Waals surface area (Å²) < 4.78 is 57.1. The molecule has 0 bridgehead atoms. The predicted molar refractivity (Wildman–Crippen MR) is 324 cm³/mol. The third-order valence-electron chi connectivity index (χ3n) is 13.0. The average molecular weight is 1170 g/mol. The molecule has 2 atom stereocenters. The highest BCUT2D eigenvalue weighted by molar-refractivity contribution is 6.76. The zero-order valence-corrected chi connectivity index (χ0v) is 50.6. The molecule has 6 heterocycles. The van der Waals surface area contributed by atoms with Gasteiger partial charge in [0, 0.05) is 72.7 Å². The van der Waals surface area contributed by atoms with E-state index in [1.54, 1.807) is 58.7 Å². The number of aromatic carboxylic acids is 1. The second-order valence-corrected chi connectivity index (χ2v) is 34.0. The molecule has 1 amide bonds. The zero-order valence-electron chi connectivity index (χ0n) is 48.6. The highest BCUT2D eigenvalue weighted by atomic mass is 28.3. The molecule has 4 N–H and O–H groups in total. The smallest absolute Gasteiger partial charge is 0.339 e. The molecule has 83 heavy (non-hydrogen) atoms. The van der Waals surface area contributed by atoms with E-state index in [4.69, 9.17) is 29.7 Å². The lowest BCUT2D eigenvalue weighted by molar-refractivity contribution is 0.0695. The van der Waals surface area contributed by atoms with E-state index in [-0.39, 0.29) is 54.2 Å². The van der Waals surface area contributed by atoms with Gasteiger partial charge >= 0.3 is 5.97 Å². The SMILES string of the molecule is CC(COc1ccccc1)NC(=O)c1cn(COCC[Si](C)(C)C)c2ncc(-c3nn(C)c4cc(F)ccc34)nc12.CC(N)COc1ccccc1.Cn1nc(-c2cnc3c(n2)c(C(=O)O)cn3COCC[Si](C)(C)C)c2ccc(F)cc21. The van der Waals surface area contributed by atoms with Gasteiger partial charge in [0.1, 0.15) is 89.2 Å². The number of nitrogens with two attached hydrogens (primary N) is 1. The molecular weight excluding hydrogens is 1090 g/mol. The van der Waals surface area contributed by atoms with E-state index >= 15 is 0 Å². The number of nitrogens with one attached hydrogen (secondary N) is 1. The van der Waals surface area contributed by atoms with Crippen molar-refractivity contribution in [1.82, 2.24) is 53.9 Å². The molecule has 0 saturated heterocycles. The van der Waals surface area contributed by atoms with Crippen molar-refractivity contribution in [2.75, 3.05) is 26.4 Å². The molecule has 2 unspecified atom stereocenters. The van der Waals surface area contributed by atoms with Gasteiger partial charge in [0.25, 0.3) is 5.91 Å². The van der Waals surface area contributed by atoms with E-state index in [0.717, 1.165) is 29.0 Å². The minimum Gasteiger partial charge on any atom is -0.492 e. The lowest BCUT2D eigenvalue weighted by Gasteiger charge is -2.15. The van der Waals surface area contributed by atoms with E-state index < -0.39 is 22.1 Å². The Kier molecular flexibility index (Phi) is 19.6. The zero-order chi connectivity index (χ0) is 59.6. The standard InChI is InChI=1S/C30H35FN6O3Si.C21H24FN5O3Si.C9H13NO/c1-20(18-40-22-9-7-6-8-10-22)33-30(38)24-17-37(19-39-13-14-41(3,4)5)29-28(24)34-25(16-32-29)27-23-12-11-21(31)15-26(23)36(2)35-27;1-26-17-9-13(22)5-6-14(17)18(25-26)16-10-23-20-19(24-16)15(21(28)29)11-27(20)12-30-7-8-31(2,3)4;1-8(10)7-11-9-5-3-2-4-6-9/h6-12,15-17,20H,13-14,18-19H2,1-5H3,(H,33,38);5-6,9-11H,7-8,12H2,1-4H3,(H,28,29);2-6,8H,7,10H2,1H3. The van der Waals surface area contributed by atoms with Crippen LogP contribution in [0.5, 0.6) is 11.5 Å². The third kappa shape index (κ3) is 16.1. The summed E-state index contributed by atoms with van der Waals surface area (Å²) in [5.41, 5.74) is 10.8. The first kappa shape index (κ1) is 60.9. The molecule has 0 radical (unpaired) electrons. The van der Waals surface area contributed by atoms with Gasteiger partial charge in [-0.1, -0.05) is 75.7 Å². The second-order valence-electron chi connectivity index (χ2n) is 22.7. The topological polar surface area (TPSA) is 226 Å². The van der Waals surface area contributed by atoms with E-state index in [1.807, 2.05) is 79.1 Å². The average Bonchev–Trinajstić information content (AvgIpc) is 2.87. The summed E-state index contributed by atoms with van der Waals surface area (Å²) in [5.74, 6) is -0.472. The van der Waals surface area contributed by atoms with Crippen LogP contribution >= 0.6 is 0 Å². The van der Waals surface area contributed by atoms with Gasteiger partial charge in [-0.3, -0.25) is 14.2 Å². The molecule has 0 fully saturated rings. The number of carbonyl (C=O) groups excluding carboxylic acids is 1. The van der Waals surface area contributed by atoms with E-state index in [9.17, 15) is 23.5 Å². The monoisotopic (exact) mass is 1170 g/mol. The van der Waals surface area contributed by atoms with Crippen molar-refractivity contribution in [2.45, 2.75) is 90.8 Å². The summed E-state index contributed by atoms with van der Waals surface area (Å²) in [6, 6.07) is 29.9. The molecular formula is C60H72F2N12O7Si2. The van der Waals surface area contributed by atoms with Gasteiger partial charge in [0.05, 0.1) is 35.0 Å². The summed E-state index contributed by atoms with van der Waals surface area (Å²) in [7, 11) is 0.998. The van der Waals surface area contributed by atoms with Gasteiger partial charge in [0.15, 0.2) is 11.3 Å². The minimum absolute atomic E-state index is 0.0458. The van der Waals surface area contributed by atoms with Crippen LogP contribution in [0, 0.1) is 11.6 Å². The number of carboxylic acid groups (broad SMARTS) is 1. The Hall–Kier alpha value is -8.23. The number of fused-ring (bicyclic) bond motifs is 4. The number of carbonyl (C=O) groups is 2. The summed E-state index contributed by atoms with van der Waals surface area (Å²) in [5, 5.41) is 23.2. The lowest BCUT2D eigenvalue weighted by atomic mass is 10.1. The molecule has 436 valence electrons. The highest BCUT2D eigenvalue weighted by Crippen LogP contribution is 2.31. The Morgan fingerprint density at radius 2 is 1.07 bits per heavy atom. The van der Waals surface area contributed by atoms with Crippen LogP contribution < -0.4 is 20.5 Å². The molecule has 0 aliphatic heterocycles. The first-order valence-electron chi connectivity index (χ1n) is 27.3. The van der Waals surface area contributed by atoms with E-state index in [2.05, 4.69) is 69.7 Å². The Morgan fingerprint density at radius 1 is 0.639 bits per heavy atom. The maximum absolute atomic E-state index is 13.9. The van der Waals surface area contributed by atoms with Crippen LogP contribution in [-0.2, 0) is 37.0 Å². The lowest BCUT2D eigenvalue weighted by Crippen LogP contribution is -2.36. The van der Waals surface area contributed by atoms with Crippen molar-refractivity contribution in [1.29, 1.82) is 0 Å². The maximum atomic E-state index is 13.9. The molecule has 10 aromatic rings. The number of carboxylic acids is 1. The molecule has 0 aliphatic rings. The van der Waals surface area contributed by atoms with Gasteiger partial charge in [-0.05, 0) is 86.6 Å². The number of aryl methyl sites for hydroxylation is 2. The Bertz CT molecular complexity index is 3840. The fourth-order valence-electron chi connectivity index (χ4n) is 8.60. The van der Waals surface area contributed by atoms with Crippen LogP contribution in [0.1, 0.15) is 34.6 Å². The van der Waals surface area contributed by atoms with E-state index in [0.29, 0.717) is 88.0 Å². The van der Waals surface area contributed by atoms with Crippen molar-refractivity contribution in [3.8, 4) is 34.3 Å². The molecule has 0 saturated carbocycles. The number of hydrogen-bond donors (Lipinski definition) is 3. The fourth-order valence-corrected chi connectivity index (χ4v) is 10.1. The van der Waals surface area contributed by atoms with Crippen LogP contribution in [-0.4, -0.2) is 120 Å². The number of nitrogens with zero attached hydrogens (tertiary/aromatic N) is 10. The number of para-hydroxylation sites is 2. The maximum Gasteiger partial charge on any atom is 0.339 e. The van der Waals surface area contributed by atoms with Gasteiger partial charge in [-0.25, -0.2) is 33.5 Å². The Morgan fingerprint density at radius 3 is 1.51 bits per heavy atom. The van der Waals surface area contributed by atoms with Gasteiger partial charge < -0.3 is 44.2 Å². The number of amides is 1. The van der Waals surface area contributed by atoms with Crippen LogP contribution in [0.25, 0.3) is 66.9 Å². The first-order valence-corrected chi connectivity index (χ1v) is 34.7. The molecule has 0 spiro atoms. The van der Waals surface area contributed by atoms with Crippen molar-refractivity contribution < 1.29 is 42.4 Å². The Balaban J connectivity index is 0.000000188. The second kappa shape index (κ2) is 26.8. The summed E-state index contributed by atoms with van der Waals surface area (Å²) in [4.78, 5) is 43.9. The van der Waals surface area contributed by atoms with Gasteiger partial charge in [-0.15, -0.1) is 0 Å². The highest BCUT2D eigenvalue weighted by Gasteiger charge is 2.24. The molecule has 6 aromatic heterocycles. The quantitative estimate of drug-likeness (QED) is 0.0449. The van der Waals surface area contributed by atoms with Crippen LogP contribution in [0.4, 0.5) is 8.78 Å². The normalized spacial score (nSPS) is 12.4. The number of rotatable bonds is 21. The van der Waals surface area contributed by atoms with Crippen molar-refractivity contribution in [3.05, 3.63) is 145 Å². The predicted octanol–water partition coefficient (Wildman–Crippen LogP) is 11.2. The molecule has 10 rings (SSSR count). The van der Waals surface area contributed by atoms with Gasteiger partial charge in [-0.2, -0.15) is 10.2 Å². The molecule has 23 heteroatoms. The molecule has 0 aliphatic carbocycles. The summed E-state index contributed by atoms with van der Waals surface area (Å²) in [6.45, 7) is 20.1. The summed E-state index contributed by atoms with van der Waals surface area (Å²) in [6.07, 6.45) is 6.41. The van der Waals surface area contributed by atoms with Crippen LogP contribution in [0.3, 0.4) is 0 Å². The number of hydrogen-bond acceptors (Lipinski definition) is 13. The minimum atomic E-state index is -1.25.